The fourth-order valence-corrected chi connectivity index (χ4v) is 17.2. The predicted octanol–water partition coefficient (Wildman–Crippen LogP) is 6.48. The molecule has 0 bridgehead atoms. The first-order chi connectivity index (χ1) is 12.2. The second-order valence-corrected chi connectivity index (χ2v) is 18.2. The number of hydrogen-bond donors (Lipinski definition) is 0. The minimum Gasteiger partial charge on any atom is -0.394 e. The molecule has 5 heteroatoms. The topological polar surface area (TPSA) is 21.7 Å². The van der Waals surface area contributed by atoms with E-state index >= 15 is 0 Å². The smallest absolute Gasteiger partial charge is 0.348 e. The molecule has 0 N–H and O–H groups in total. The van der Waals surface area contributed by atoms with Crippen LogP contribution in [0.1, 0.15) is 87.5 Å². The van der Waals surface area contributed by atoms with E-state index in [1.54, 1.807) is 0 Å². The summed E-state index contributed by atoms with van der Waals surface area (Å²) in [5.74, 6) is 0. The molecule has 0 aromatic carbocycles. The second-order valence-electron chi connectivity index (χ2n) is 9.27. The molecule has 0 aromatic rings. The molecule has 1 saturated carbocycles. The van der Waals surface area contributed by atoms with Crippen molar-refractivity contribution in [3.8, 4) is 0 Å². The van der Waals surface area contributed by atoms with Crippen molar-refractivity contribution in [3.05, 3.63) is 0 Å². The third-order valence-corrected chi connectivity index (χ3v) is 16.7. The Bertz CT molecular complexity index is 368. The van der Waals surface area contributed by atoms with Crippen LogP contribution in [0, 0.1) is 0 Å². The lowest BCUT2D eigenvalue weighted by Crippen LogP contribution is -2.68. The van der Waals surface area contributed by atoms with Crippen LogP contribution in [-0.2, 0) is 8.85 Å². The Morgan fingerprint density at radius 3 is 1.58 bits per heavy atom. The Kier molecular flexibility index (Phi) is 10.1. The van der Waals surface area contributed by atoms with E-state index in [1.165, 1.54) is 32.1 Å². The third-order valence-electron chi connectivity index (χ3n) is 6.64. The van der Waals surface area contributed by atoms with Gasteiger partial charge in [-0.1, -0.05) is 60.8 Å². The van der Waals surface area contributed by atoms with E-state index in [-0.39, 0.29) is 0 Å². The first kappa shape index (κ1) is 24.4. The third kappa shape index (κ3) is 5.43. The quantitative estimate of drug-likeness (QED) is 0.370. The standard InChI is InChI=1S/C21H47NO2Si2/c1-10-23-25(9,24-11-2)17-22(21-15-13-12-14-16-21)26(18(3)4,19(5)6)20(7)8/h18-21H,10-17H2,1-9H3. The van der Waals surface area contributed by atoms with Gasteiger partial charge in [0.05, 0.1) is 0 Å². The van der Waals surface area contributed by atoms with Gasteiger partial charge in [-0.05, 0) is 49.9 Å². The van der Waals surface area contributed by atoms with Crippen LogP contribution in [0.4, 0.5) is 0 Å². The van der Waals surface area contributed by atoms with Crippen molar-refractivity contribution >= 4 is 16.8 Å². The maximum absolute atomic E-state index is 6.32. The van der Waals surface area contributed by atoms with Crippen LogP contribution in [0.5, 0.6) is 0 Å². The summed E-state index contributed by atoms with van der Waals surface area (Å²) in [5.41, 5.74) is 2.22. The van der Waals surface area contributed by atoms with Crippen LogP contribution >= 0.6 is 0 Å². The fourth-order valence-electron chi connectivity index (χ4n) is 6.02. The summed E-state index contributed by atoms with van der Waals surface area (Å²) >= 11 is 0. The van der Waals surface area contributed by atoms with Gasteiger partial charge in [0.2, 0.25) is 0 Å². The highest BCUT2D eigenvalue weighted by molar-refractivity contribution is 6.82. The zero-order valence-corrected chi connectivity index (χ0v) is 21.2. The van der Waals surface area contributed by atoms with Gasteiger partial charge in [-0.2, -0.15) is 0 Å². The average molecular weight is 402 g/mol. The van der Waals surface area contributed by atoms with E-state index < -0.39 is 16.8 Å². The van der Waals surface area contributed by atoms with Gasteiger partial charge in [0, 0.05) is 25.4 Å². The lowest BCUT2D eigenvalue weighted by molar-refractivity contribution is 0.162. The highest BCUT2D eigenvalue weighted by atomic mass is 28.4. The maximum atomic E-state index is 6.32. The predicted molar refractivity (Wildman–Crippen MR) is 119 cm³/mol. The first-order valence-electron chi connectivity index (χ1n) is 11.2. The molecule has 0 amide bonds. The van der Waals surface area contributed by atoms with Gasteiger partial charge in [0.15, 0.2) is 0 Å². The van der Waals surface area contributed by atoms with Crippen molar-refractivity contribution in [1.82, 2.24) is 4.57 Å². The molecule has 1 rings (SSSR count). The van der Waals surface area contributed by atoms with Gasteiger partial charge in [0.1, 0.15) is 8.24 Å². The van der Waals surface area contributed by atoms with E-state index in [4.69, 9.17) is 8.85 Å². The van der Waals surface area contributed by atoms with Crippen molar-refractivity contribution < 1.29 is 8.85 Å². The Hall–Kier alpha value is 0.314. The molecule has 26 heavy (non-hydrogen) atoms. The summed E-state index contributed by atoms with van der Waals surface area (Å²) in [6.07, 6.45) is 7.98. The zero-order chi connectivity index (χ0) is 20.0. The summed E-state index contributed by atoms with van der Waals surface area (Å²) in [6, 6.07) is 0.732. The molecule has 0 atom stereocenters. The molecule has 156 valence electrons. The highest BCUT2D eigenvalue weighted by Gasteiger charge is 2.53. The van der Waals surface area contributed by atoms with E-state index in [0.717, 1.165) is 42.0 Å². The van der Waals surface area contributed by atoms with Gasteiger partial charge in [-0.15, -0.1) is 0 Å². The van der Waals surface area contributed by atoms with Crippen LogP contribution in [-0.4, -0.2) is 46.8 Å². The Labute approximate surface area is 166 Å². The molecule has 0 unspecified atom stereocenters. The lowest BCUT2D eigenvalue weighted by atomic mass is 9.96. The SMILES string of the molecule is CCO[Si](C)(CN(C1CCCCC1)[Si](C(C)C)(C(C)C)C(C)C)OCC. The molecule has 0 spiro atoms. The minimum atomic E-state index is -2.18. The van der Waals surface area contributed by atoms with Crippen LogP contribution in [0.25, 0.3) is 0 Å². The van der Waals surface area contributed by atoms with E-state index in [0.29, 0.717) is 0 Å². The number of hydrogen-bond acceptors (Lipinski definition) is 3. The number of rotatable bonds is 11. The summed E-state index contributed by atoms with van der Waals surface area (Å²) in [4.78, 5) is 0. The molecule has 0 saturated heterocycles. The molecule has 1 fully saturated rings. The number of nitrogens with zero attached hydrogens (tertiary/aromatic N) is 1. The van der Waals surface area contributed by atoms with Gasteiger partial charge in [-0.3, -0.25) is 0 Å². The van der Waals surface area contributed by atoms with Crippen LogP contribution in [0.15, 0.2) is 0 Å². The van der Waals surface area contributed by atoms with Gasteiger partial charge in [-0.25, -0.2) is 0 Å². The van der Waals surface area contributed by atoms with Gasteiger partial charge in [0.25, 0.3) is 0 Å². The molecular formula is C21H47NO2Si2. The molecule has 0 aromatic heterocycles. The van der Waals surface area contributed by atoms with Crippen molar-refractivity contribution in [3.63, 3.8) is 0 Å². The largest absolute Gasteiger partial charge is 0.394 e. The Balaban J connectivity index is 3.37. The van der Waals surface area contributed by atoms with Crippen LogP contribution in [0.3, 0.4) is 0 Å². The molecule has 3 nitrogen and oxygen atoms in total. The lowest BCUT2D eigenvalue weighted by Gasteiger charge is -2.56. The van der Waals surface area contributed by atoms with Crippen molar-refractivity contribution in [2.45, 2.75) is 117 Å². The summed E-state index contributed by atoms with van der Waals surface area (Å²) in [5, 5.41) is 0. The average Bonchev–Trinajstić information content (AvgIpc) is 2.54. The van der Waals surface area contributed by atoms with Crippen LogP contribution in [0.2, 0.25) is 23.2 Å². The van der Waals surface area contributed by atoms with Crippen molar-refractivity contribution in [1.29, 1.82) is 0 Å². The zero-order valence-electron chi connectivity index (χ0n) is 19.2. The van der Waals surface area contributed by atoms with E-state index in [1.807, 2.05) is 0 Å². The first-order valence-corrected chi connectivity index (χ1v) is 15.9. The molecule has 0 heterocycles. The van der Waals surface area contributed by atoms with E-state index in [9.17, 15) is 0 Å². The Morgan fingerprint density at radius 2 is 1.23 bits per heavy atom. The summed E-state index contributed by atoms with van der Waals surface area (Å²) in [6.45, 7) is 23.0. The van der Waals surface area contributed by atoms with Crippen molar-refractivity contribution in [2.75, 3.05) is 19.4 Å². The fraction of sp³-hybridized carbons (Fsp3) is 1.00. The maximum Gasteiger partial charge on any atom is 0.348 e. The Morgan fingerprint density at radius 1 is 0.808 bits per heavy atom. The summed E-state index contributed by atoms with van der Waals surface area (Å²) in [7, 11) is -3.89. The van der Waals surface area contributed by atoms with E-state index in [2.05, 4.69) is 66.5 Å². The van der Waals surface area contributed by atoms with Crippen molar-refractivity contribution in [2.24, 2.45) is 0 Å². The van der Waals surface area contributed by atoms with Crippen LogP contribution < -0.4 is 0 Å². The normalized spacial score (nSPS) is 17.9. The molecule has 1 aliphatic carbocycles. The molecule has 1 aliphatic rings. The molecule has 0 aliphatic heterocycles. The van der Waals surface area contributed by atoms with Gasteiger partial charge >= 0.3 is 8.56 Å². The minimum absolute atomic E-state index is 0.732. The second kappa shape index (κ2) is 10.7. The van der Waals surface area contributed by atoms with Gasteiger partial charge < -0.3 is 13.4 Å². The molecular weight excluding hydrogens is 354 g/mol. The monoisotopic (exact) mass is 401 g/mol. The molecule has 0 radical (unpaired) electrons. The summed E-state index contributed by atoms with van der Waals surface area (Å²) < 4.78 is 15.7. The highest BCUT2D eigenvalue weighted by Crippen LogP contribution is 2.46.